The summed E-state index contributed by atoms with van der Waals surface area (Å²) in [5.41, 5.74) is 1.41. The molecule has 172 valence electrons. The first-order valence-corrected chi connectivity index (χ1v) is 10.4. The van der Waals surface area contributed by atoms with Crippen LogP contribution in [0.3, 0.4) is 0 Å². The van der Waals surface area contributed by atoms with E-state index in [-0.39, 0.29) is 17.0 Å². The molecule has 34 heavy (non-hydrogen) atoms. The molecule has 0 spiro atoms. The summed E-state index contributed by atoms with van der Waals surface area (Å²) in [6.45, 7) is 1.36. The molecule has 1 unspecified atom stereocenters. The van der Waals surface area contributed by atoms with E-state index in [4.69, 9.17) is 4.74 Å². The topological polar surface area (TPSA) is 95.9 Å². The van der Waals surface area contributed by atoms with Crippen LogP contribution in [-0.4, -0.2) is 29.8 Å². The van der Waals surface area contributed by atoms with E-state index in [9.17, 15) is 23.9 Å². The molecule has 3 aromatic rings. The third kappa shape index (κ3) is 4.25. The van der Waals surface area contributed by atoms with Crippen molar-refractivity contribution in [3.05, 3.63) is 95.3 Å². The number of aliphatic hydroxyl groups excluding tert-OH is 1. The molecule has 1 fully saturated rings. The summed E-state index contributed by atoms with van der Waals surface area (Å²) >= 11 is 0. The van der Waals surface area contributed by atoms with Crippen molar-refractivity contribution in [1.29, 1.82) is 0 Å². The Hall–Kier alpha value is -4.46. The normalized spacial score (nSPS) is 17.0. The SMILES string of the molecule is COc1ccc(C2/C(=C(\O)c3ccc(F)cc3)C(=O)C(=O)N2c2cccc(NC(C)=O)c2)cc1. The molecule has 0 bridgehead atoms. The summed E-state index contributed by atoms with van der Waals surface area (Å²) in [5.74, 6) is -2.36. The van der Waals surface area contributed by atoms with Crippen LogP contribution < -0.4 is 15.0 Å². The third-order valence-electron chi connectivity index (χ3n) is 5.44. The first-order valence-electron chi connectivity index (χ1n) is 10.4. The largest absolute Gasteiger partial charge is 0.507 e. The second-order valence-corrected chi connectivity index (χ2v) is 7.68. The Balaban J connectivity index is 1.90. The lowest BCUT2D eigenvalue weighted by Gasteiger charge is -2.26. The van der Waals surface area contributed by atoms with E-state index in [1.165, 1.54) is 31.1 Å². The second kappa shape index (κ2) is 9.19. The summed E-state index contributed by atoms with van der Waals surface area (Å²) in [6.07, 6.45) is 0. The van der Waals surface area contributed by atoms with Crippen molar-refractivity contribution in [2.24, 2.45) is 0 Å². The Morgan fingerprint density at radius 1 is 1.03 bits per heavy atom. The van der Waals surface area contributed by atoms with Crippen molar-refractivity contribution >= 4 is 34.7 Å². The van der Waals surface area contributed by atoms with Gasteiger partial charge in [-0.05, 0) is 60.2 Å². The van der Waals surface area contributed by atoms with Gasteiger partial charge in [0, 0.05) is 23.9 Å². The van der Waals surface area contributed by atoms with Gasteiger partial charge in [0.15, 0.2) is 0 Å². The number of nitrogens with zero attached hydrogens (tertiary/aromatic N) is 1. The van der Waals surface area contributed by atoms with Crippen molar-refractivity contribution in [3.8, 4) is 5.75 Å². The van der Waals surface area contributed by atoms with Crippen LogP contribution in [-0.2, 0) is 14.4 Å². The molecule has 1 aliphatic heterocycles. The van der Waals surface area contributed by atoms with Gasteiger partial charge in [0.05, 0.1) is 18.7 Å². The van der Waals surface area contributed by atoms with E-state index in [0.717, 1.165) is 12.1 Å². The maximum Gasteiger partial charge on any atom is 0.300 e. The van der Waals surface area contributed by atoms with Crippen molar-refractivity contribution in [3.63, 3.8) is 0 Å². The van der Waals surface area contributed by atoms with Gasteiger partial charge in [0.1, 0.15) is 17.3 Å². The maximum atomic E-state index is 13.4. The van der Waals surface area contributed by atoms with Crippen LogP contribution in [0.4, 0.5) is 15.8 Å². The van der Waals surface area contributed by atoms with Gasteiger partial charge in [-0.1, -0.05) is 18.2 Å². The molecule has 8 heteroatoms. The number of amides is 2. The number of methoxy groups -OCH3 is 1. The van der Waals surface area contributed by atoms with E-state index in [2.05, 4.69) is 5.32 Å². The standard InChI is InChI=1S/C26H21FN2O5/c1-15(30)28-19-4-3-5-20(14-19)29-23(16-8-12-21(34-2)13-9-16)22(25(32)26(29)33)24(31)17-6-10-18(27)11-7-17/h3-14,23,31H,1-2H3,(H,28,30)/b24-22+. The highest BCUT2D eigenvalue weighted by Gasteiger charge is 2.47. The van der Waals surface area contributed by atoms with Crippen LogP contribution >= 0.6 is 0 Å². The molecule has 0 aromatic heterocycles. The molecule has 2 N–H and O–H groups in total. The number of halogens is 1. The fraction of sp³-hybridized carbons (Fsp3) is 0.115. The van der Waals surface area contributed by atoms with Crippen LogP contribution in [0.15, 0.2) is 78.4 Å². The Morgan fingerprint density at radius 2 is 1.71 bits per heavy atom. The fourth-order valence-electron chi connectivity index (χ4n) is 3.90. The van der Waals surface area contributed by atoms with Crippen LogP contribution in [0.25, 0.3) is 5.76 Å². The van der Waals surface area contributed by atoms with E-state index < -0.39 is 29.3 Å². The van der Waals surface area contributed by atoms with E-state index >= 15 is 0 Å². The van der Waals surface area contributed by atoms with E-state index in [1.54, 1.807) is 48.5 Å². The molecule has 2 amide bonds. The van der Waals surface area contributed by atoms with Gasteiger partial charge in [-0.3, -0.25) is 19.3 Å². The van der Waals surface area contributed by atoms with E-state index in [1.807, 2.05) is 0 Å². The molecule has 1 aliphatic rings. The van der Waals surface area contributed by atoms with Crippen LogP contribution in [0.5, 0.6) is 5.75 Å². The molecule has 3 aromatic carbocycles. The number of hydrogen-bond donors (Lipinski definition) is 2. The molecule has 0 saturated carbocycles. The van der Waals surface area contributed by atoms with Crippen LogP contribution in [0.2, 0.25) is 0 Å². The van der Waals surface area contributed by atoms with Gasteiger partial charge in [0.2, 0.25) is 5.91 Å². The zero-order valence-electron chi connectivity index (χ0n) is 18.4. The first-order chi connectivity index (χ1) is 16.3. The summed E-state index contributed by atoms with van der Waals surface area (Å²) in [4.78, 5) is 39.1. The quantitative estimate of drug-likeness (QED) is 0.334. The van der Waals surface area contributed by atoms with Crippen molar-refractivity contribution in [1.82, 2.24) is 0 Å². The number of hydrogen-bond acceptors (Lipinski definition) is 5. The Morgan fingerprint density at radius 3 is 2.32 bits per heavy atom. The number of nitrogens with one attached hydrogen (secondary N) is 1. The van der Waals surface area contributed by atoms with Crippen molar-refractivity contribution in [2.75, 3.05) is 17.3 Å². The molecule has 7 nitrogen and oxygen atoms in total. The highest BCUT2D eigenvalue weighted by atomic mass is 19.1. The molecule has 0 aliphatic carbocycles. The summed E-state index contributed by atoms with van der Waals surface area (Å²) < 4.78 is 18.6. The molecule has 4 rings (SSSR count). The van der Waals surface area contributed by atoms with Gasteiger partial charge < -0.3 is 15.2 Å². The molecule has 1 heterocycles. The van der Waals surface area contributed by atoms with E-state index in [0.29, 0.717) is 22.7 Å². The van der Waals surface area contributed by atoms with Gasteiger partial charge in [-0.15, -0.1) is 0 Å². The number of benzene rings is 3. The van der Waals surface area contributed by atoms with Crippen molar-refractivity contribution in [2.45, 2.75) is 13.0 Å². The second-order valence-electron chi connectivity index (χ2n) is 7.68. The van der Waals surface area contributed by atoms with Gasteiger partial charge in [0.25, 0.3) is 11.7 Å². The van der Waals surface area contributed by atoms with Crippen LogP contribution in [0.1, 0.15) is 24.1 Å². The number of anilines is 2. The zero-order chi connectivity index (χ0) is 24.4. The summed E-state index contributed by atoms with van der Waals surface area (Å²) in [5, 5.41) is 13.7. The number of ketones is 1. The smallest absolute Gasteiger partial charge is 0.300 e. The van der Waals surface area contributed by atoms with Gasteiger partial charge >= 0.3 is 0 Å². The number of carbonyl (C=O) groups excluding carboxylic acids is 3. The number of rotatable bonds is 5. The minimum Gasteiger partial charge on any atom is -0.507 e. The lowest BCUT2D eigenvalue weighted by molar-refractivity contribution is -0.132. The monoisotopic (exact) mass is 460 g/mol. The summed E-state index contributed by atoms with van der Waals surface area (Å²) in [6, 6.07) is 17.3. The van der Waals surface area contributed by atoms with Gasteiger partial charge in [-0.25, -0.2) is 4.39 Å². The average Bonchev–Trinajstić information content (AvgIpc) is 3.09. The third-order valence-corrected chi connectivity index (χ3v) is 5.44. The number of Topliss-reactive ketones (excluding diaryl/α,β-unsaturated/α-hetero) is 1. The summed E-state index contributed by atoms with van der Waals surface area (Å²) in [7, 11) is 1.52. The predicted molar refractivity (Wildman–Crippen MR) is 125 cm³/mol. The molecular formula is C26H21FN2O5. The molecule has 1 saturated heterocycles. The predicted octanol–water partition coefficient (Wildman–Crippen LogP) is 4.42. The maximum absolute atomic E-state index is 13.4. The highest BCUT2D eigenvalue weighted by molar-refractivity contribution is 6.51. The average molecular weight is 460 g/mol. The lowest BCUT2D eigenvalue weighted by Crippen LogP contribution is -2.29. The number of carbonyl (C=O) groups is 3. The fourth-order valence-corrected chi connectivity index (χ4v) is 3.90. The minimum absolute atomic E-state index is 0.133. The highest BCUT2D eigenvalue weighted by Crippen LogP contribution is 2.43. The number of aliphatic hydroxyl groups is 1. The minimum atomic E-state index is -0.969. The lowest BCUT2D eigenvalue weighted by atomic mass is 9.95. The number of ether oxygens (including phenoxy) is 1. The molecular weight excluding hydrogens is 439 g/mol. The Kier molecular flexibility index (Phi) is 6.14. The van der Waals surface area contributed by atoms with Crippen molar-refractivity contribution < 1.29 is 28.6 Å². The Labute approximate surface area is 195 Å². The Bertz CT molecular complexity index is 1300. The van der Waals surface area contributed by atoms with Gasteiger partial charge in [-0.2, -0.15) is 0 Å². The zero-order valence-corrected chi connectivity index (χ0v) is 18.4. The first kappa shape index (κ1) is 22.7. The van der Waals surface area contributed by atoms with Crippen LogP contribution in [0, 0.1) is 5.82 Å². The molecule has 1 atom stereocenters. The molecule has 0 radical (unpaired) electrons.